The third kappa shape index (κ3) is 7.44. The number of rotatable bonds is 4. The molecule has 8 heteroatoms. The lowest BCUT2D eigenvalue weighted by molar-refractivity contribution is 0.277. The summed E-state index contributed by atoms with van der Waals surface area (Å²) in [6.07, 6.45) is 1.89. The van der Waals surface area contributed by atoms with Crippen LogP contribution in [0.1, 0.15) is 5.69 Å². The summed E-state index contributed by atoms with van der Waals surface area (Å²) in [7, 11) is 10.8. The summed E-state index contributed by atoms with van der Waals surface area (Å²) in [4.78, 5) is 9.77. The van der Waals surface area contributed by atoms with Crippen molar-refractivity contribution in [2.45, 2.75) is 6.54 Å². The molecule has 8 nitrogen and oxygen atoms in total. The number of benzene rings is 1. The predicted octanol–water partition coefficient (Wildman–Crippen LogP) is 3.57. The lowest BCUT2D eigenvalue weighted by Crippen LogP contribution is -2.10. The highest BCUT2D eigenvalue weighted by Gasteiger charge is 2.03. The zero-order chi connectivity index (χ0) is 22.8. The molecule has 3 heterocycles. The minimum absolute atomic E-state index is 0.605. The summed E-state index contributed by atoms with van der Waals surface area (Å²) in [5.74, 6) is 0.605. The van der Waals surface area contributed by atoms with Crippen LogP contribution in [0.25, 0.3) is 22.3 Å². The highest BCUT2D eigenvalue weighted by Crippen LogP contribution is 2.19. The molecule has 0 fully saturated rings. The van der Waals surface area contributed by atoms with E-state index in [1.807, 2.05) is 55.7 Å². The van der Waals surface area contributed by atoms with Gasteiger partial charge in [0.2, 0.25) is 5.88 Å². The first-order valence-electron chi connectivity index (χ1n) is 9.79. The van der Waals surface area contributed by atoms with Crippen molar-refractivity contribution in [1.82, 2.24) is 24.6 Å². The summed E-state index contributed by atoms with van der Waals surface area (Å²) in [6.45, 7) is 0.925. The number of anilines is 1. The van der Waals surface area contributed by atoms with E-state index in [1.165, 1.54) is 11.1 Å². The highest BCUT2D eigenvalue weighted by atomic mass is 16.5. The number of nitrogens with one attached hydrogen (secondary N) is 1. The van der Waals surface area contributed by atoms with Gasteiger partial charge in [-0.2, -0.15) is 5.10 Å². The molecule has 0 amide bonds. The molecular formula is C23H32N6O2. The van der Waals surface area contributed by atoms with Crippen molar-refractivity contribution in [1.29, 1.82) is 0 Å². The van der Waals surface area contributed by atoms with Crippen LogP contribution >= 0.6 is 0 Å². The summed E-state index contributed by atoms with van der Waals surface area (Å²) < 4.78 is 11.0. The minimum atomic E-state index is 0.605. The fraction of sp³-hybridized carbons (Fsp3) is 0.304. The maximum Gasteiger partial charge on any atom is 0.213 e. The molecule has 0 radical (unpaired) electrons. The van der Waals surface area contributed by atoms with Gasteiger partial charge in [-0.1, -0.05) is 6.07 Å². The topological polar surface area (TPSA) is 94.2 Å². The molecular weight excluding hydrogens is 392 g/mol. The largest absolute Gasteiger partial charge is 0.481 e. The molecule has 0 aliphatic rings. The number of pyridine rings is 1. The number of methoxy groups -OCH3 is 2. The normalized spacial score (nSPS) is 10.3. The lowest BCUT2D eigenvalue weighted by Gasteiger charge is -2.06. The van der Waals surface area contributed by atoms with E-state index in [0.29, 0.717) is 5.88 Å². The van der Waals surface area contributed by atoms with Crippen LogP contribution in [0.15, 0.2) is 54.7 Å². The second-order valence-corrected chi connectivity index (χ2v) is 7.23. The first-order valence-corrected chi connectivity index (χ1v) is 9.79. The van der Waals surface area contributed by atoms with Crippen molar-refractivity contribution in [3.63, 3.8) is 0 Å². The van der Waals surface area contributed by atoms with E-state index in [4.69, 9.17) is 10.5 Å². The van der Waals surface area contributed by atoms with Crippen LogP contribution < -0.4 is 10.5 Å². The van der Waals surface area contributed by atoms with Gasteiger partial charge in [-0.3, -0.25) is 4.68 Å². The number of ether oxygens (including phenoxy) is 2. The molecule has 0 saturated carbocycles. The maximum atomic E-state index is 5.71. The standard InChI is InChI=1S/C11H15N3.C10H11N3O.C2H6O/c1-14(2)7-10-6-8-5-9(12)3-4-11(8)13-10;1-13-7-6-9(12-13)8-4-3-5-10(11-8)14-2;1-3-2/h3-6,13H,7,12H2,1-2H3;3-7H,1-2H3;1-2H3. The zero-order valence-corrected chi connectivity index (χ0v) is 19.1. The SMILES string of the molecule is CN(C)Cc1cc2cc(N)ccc2[nH]1.COC.COc1cccc(-c2ccn(C)n2)n1. The van der Waals surface area contributed by atoms with E-state index in [1.54, 1.807) is 26.0 Å². The maximum absolute atomic E-state index is 5.71. The quantitative estimate of drug-likeness (QED) is 0.487. The smallest absolute Gasteiger partial charge is 0.213 e. The number of hydrogen-bond acceptors (Lipinski definition) is 6. The van der Waals surface area contributed by atoms with Gasteiger partial charge < -0.3 is 25.1 Å². The molecule has 0 saturated heterocycles. The van der Waals surface area contributed by atoms with Crippen LogP contribution in [-0.2, 0) is 18.3 Å². The van der Waals surface area contributed by atoms with E-state index >= 15 is 0 Å². The van der Waals surface area contributed by atoms with E-state index < -0.39 is 0 Å². The van der Waals surface area contributed by atoms with Gasteiger partial charge in [0.1, 0.15) is 5.69 Å². The van der Waals surface area contributed by atoms with Gasteiger partial charge in [0.25, 0.3) is 0 Å². The summed E-state index contributed by atoms with van der Waals surface area (Å²) in [5.41, 5.74) is 10.6. The minimum Gasteiger partial charge on any atom is -0.481 e. The van der Waals surface area contributed by atoms with Gasteiger partial charge >= 0.3 is 0 Å². The molecule has 3 N–H and O–H groups in total. The van der Waals surface area contributed by atoms with Crippen molar-refractivity contribution in [2.24, 2.45) is 7.05 Å². The van der Waals surface area contributed by atoms with Gasteiger partial charge in [-0.15, -0.1) is 0 Å². The van der Waals surface area contributed by atoms with Crippen LogP contribution in [0.4, 0.5) is 5.69 Å². The Morgan fingerprint density at radius 1 is 1.03 bits per heavy atom. The van der Waals surface area contributed by atoms with Crippen LogP contribution in [0.5, 0.6) is 5.88 Å². The second kappa shape index (κ2) is 11.7. The monoisotopic (exact) mass is 424 g/mol. The Labute approximate surface area is 183 Å². The number of nitrogen functional groups attached to an aromatic ring is 1. The summed E-state index contributed by atoms with van der Waals surface area (Å²) in [6, 6.07) is 15.6. The number of aryl methyl sites for hydroxylation is 1. The molecule has 3 aromatic heterocycles. The molecule has 31 heavy (non-hydrogen) atoms. The molecule has 0 spiro atoms. The predicted molar refractivity (Wildman–Crippen MR) is 126 cm³/mol. The Morgan fingerprint density at radius 2 is 1.77 bits per heavy atom. The molecule has 4 rings (SSSR count). The molecule has 0 bridgehead atoms. The van der Waals surface area contributed by atoms with Crippen molar-refractivity contribution in [2.75, 3.05) is 41.2 Å². The first-order chi connectivity index (χ1) is 14.9. The number of aromatic amines is 1. The Balaban J connectivity index is 0.000000196. The molecule has 0 unspecified atom stereocenters. The van der Waals surface area contributed by atoms with Crippen LogP contribution in [-0.4, -0.2) is 60.1 Å². The molecule has 0 atom stereocenters. The lowest BCUT2D eigenvalue weighted by atomic mass is 10.2. The number of aromatic nitrogens is 4. The van der Waals surface area contributed by atoms with Gasteiger partial charge in [0.05, 0.1) is 12.8 Å². The summed E-state index contributed by atoms with van der Waals surface area (Å²) in [5, 5.41) is 5.44. The molecule has 166 valence electrons. The van der Waals surface area contributed by atoms with E-state index in [-0.39, 0.29) is 0 Å². The third-order valence-electron chi connectivity index (χ3n) is 4.10. The van der Waals surface area contributed by atoms with Crippen molar-refractivity contribution in [3.05, 3.63) is 60.4 Å². The average molecular weight is 425 g/mol. The molecule has 1 aromatic carbocycles. The first kappa shape index (κ1) is 23.9. The van der Waals surface area contributed by atoms with Crippen molar-refractivity contribution in [3.8, 4) is 17.3 Å². The fourth-order valence-corrected chi connectivity index (χ4v) is 2.86. The number of hydrogen-bond donors (Lipinski definition) is 2. The van der Waals surface area contributed by atoms with Gasteiger partial charge in [-0.25, -0.2) is 4.98 Å². The van der Waals surface area contributed by atoms with Crippen molar-refractivity contribution >= 4 is 16.6 Å². The van der Waals surface area contributed by atoms with Gasteiger partial charge in [0, 0.05) is 62.4 Å². The van der Waals surface area contributed by atoms with Gasteiger partial charge in [0.15, 0.2) is 0 Å². The fourth-order valence-electron chi connectivity index (χ4n) is 2.86. The van der Waals surface area contributed by atoms with E-state index in [2.05, 4.69) is 44.9 Å². The molecule has 0 aliphatic carbocycles. The van der Waals surface area contributed by atoms with E-state index in [0.717, 1.165) is 29.1 Å². The number of fused-ring (bicyclic) bond motifs is 1. The number of H-pyrrole nitrogens is 1. The highest BCUT2D eigenvalue weighted by molar-refractivity contribution is 5.83. The van der Waals surface area contributed by atoms with Crippen LogP contribution in [0.3, 0.4) is 0 Å². The van der Waals surface area contributed by atoms with Crippen LogP contribution in [0.2, 0.25) is 0 Å². The molecule has 4 aromatic rings. The Bertz CT molecular complexity index is 1070. The third-order valence-corrected chi connectivity index (χ3v) is 4.10. The Kier molecular flexibility index (Phi) is 9.05. The van der Waals surface area contributed by atoms with Crippen LogP contribution in [0, 0.1) is 0 Å². The van der Waals surface area contributed by atoms with E-state index in [9.17, 15) is 0 Å². The Hall–Kier alpha value is -3.36. The van der Waals surface area contributed by atoms with Crippen molar-refractivity contribution < 1.29 is 9.47 Å². The molecule has 0 aliphatic heterocycles. The van der Waals surface area contributed by atoms with Gasteiger partial charge in [-0.05, 0) is 50.5 Å². The number of nitrogens with two attached hydrogens (primary N) is 1. The Morgan fingerprint density at radius 3 is 2.39 bits per heavy atom. The second-order valence-electron chi connectivity index (χ2n) is 7.23. The average Bonchev–Trinajstić information content (AvgIpc) is 3.34. The summed E-state index contributed by atoms with van der Waals surface area (Å²) >= 11 is 0. The number of nitrogens with zero attached hydrogens (tertiary/aromatic N) is 4. The zero-order valence-electron chi connectivity index (χ0n) is 19.1.